The van der Waals surface area contributed by atoms with Gasteiger partial charge in [0.1, 0.15) is 11.5 Å². The summed E-state index contributed by atoms with van der Waals surface area (Å²) >= 11 is 0. The average Bonchev–Trinajstić information content (AvgIpc) is 2.60. The van der Waals surface area contributed by atoms with Gasteiger partial charge in [0, 0.05) is 6.07 Å². The minimum atomic E-state index is 0.0970. The second-order valence-corrected chi connectivity index (χ2v) is 6.74. The third-order valence-electron chi connectivity index (χ3n) is 4.36. The molecule has 0 saturated heterocycles. The van der Waals surface area contributed by atoms with E-state index in [1.165, 1.54) is 50.2 Å². The van der Waals surface area contributed by atoms with E-state index in [9.17, 15) is 10.2 Å². The Morgan fingerprint density at radius 3 is 2.12 bits per heavy atom. The van der Waals surface area contributed by atoms with Crippen LogP contribution in [0.2, 0.25) is 0 Å². The van der Waals surface area contributed by atoms with Gasteiger partial charge >= 0.3 is 0 Å². The van der Waals surface area contributed by atoms with E-state index in [-0.39, 0.29) is 11.5 Å². The van der Waals surface area contributed by atoms with Crippen molar-refractivity contribution < 1.29 is 10.2 Å². The second-order valence-electron chi connectivity index (χ2n) is 6.74. The summed E-state index contributed by atoms with van der Waals surface area (Å²) in [7, 11) is 0. The van der Waals surface area contributed by atoms with Crippen LogP contribution in [0.5, 0.6) is 11.5 Å². The zero-order valence-electron chi connectivity index (χ0n) is 16.3. The number of rotatable bonds is 12. The van der Waals surface area contributed by atoms with E-state index in [1.807, 2.05) is 24.3 Å². The van der Waals surface area contributed by atoms with Crippen molar-refractivity contribution in [1.82, 2.24) is 0 Å². The molecule has 0 atom stereocenters. The number of hydrogen-bond donors (Lipinski definition) is 2. The van der Waals surface area contributed by atoms with Crippen LogP contribution in [-0.4, -0.2) is 10.2 Å². The van der Waals surface area contributed by atoms with Gasteiger partial charge in [0.2, 0.25) is 0 Å². The summed E-state index contributed by atoms with van der Waals surface area (Å²) in [6.07, 6.45) is 24.2. The molecule has 2 nitrogen and oxygen atoms in total. The topological polar surface area (TPSA) is 40.5 Å². The molecule has 26 heavy (non-hydrogen) atoms. The third kappa shape index (κ3) is 11.4. The van der Waals surface area contributed by atoms with Crippen molar-refractivity contribution in [2.75, 3.05) is 0 Å². The molecule has 0 heterocycles. The van der Waals surface area contributed by atoms with Crippen LogP contribution in [-0.2, 0) is 6.42 Å². The van der Waals surface area contributed by atoms with Crippen molar-refractivity contribution in [1.29, 1.82) is 0 Å². The first-order chi connectivity index (χ1) is 12.6. The fraction of sp³-hybridized carbons (Fsp3) is 0.417. The Morgan fingerprint density at radius 1 is 0.808 bits per heavy atom. The van der Waals surface area contributed by atoms with Gasteiger partial charge in [0.15, 0.2) is 0 Å². The summed E-state index contributed by atoms with van der Waals surface area (Å²) < 4.78 is 0. The van der Waals surface area contributed by atoms with Gasteiger partial charge in [0.05, 0.1) is 0 Å². The highest BCUT2D eigenvalue weighted by atomic mass is 16.3. The van der Waals surface area contributed by atoms with Gasteiger partial charge in [0.25, 0.3) is 0 Å². The van der Waals surface area contributed by atoms with Crippen LogP contribution >= 0.6 is 0 Å². The second kappa shape index (κ2) is 14.0. The molecule has 0 aliphatic rings. The number of hydrogen-bond acceptors (Lipinski definition) is 2. The summed E-state index contributed by atoms with van der Waals surface area (Å²) in [5.41, 5.74) is 2.40. The average molecular weight is 355 g/mol. The Hall–Kier alpha value is -2.22. The molecular weight excluding hydrogens is 320 g/mol. The van der Waals surface area contributed by atoms with Crippen LogP contribution in [0.25, 0.3) is 0 Å². The molecule has 0 fully saturated rings. The molecule has 142 valence electrons. The number of benzene rings is 1. The molecule has 2 N–H and O–H groups in total. The number of phenolic OH excluding ortho intramolecular Hbond substituents is 2. The maximum Gasteiger partial charge on any atom is 0.119 e. The van der Waals surface area contributed by atoms with Gasteiger partial charge in [-0.3, -0.25) is 0 Å². The lowest BCUT2D eigenvalue weighted by Crippen LogP contribution is -1.81. The molecule has 1 rings (SSSR count). The van der Waals surface area contributed by atoms with Gasteiger partial charge in [-0.05, 0) is 63.6 Å². The summed E-state index contributed by atoms with van der Waals surface area (Å²) in [6, 6.07) is 4.66. The lowest BCUT2D eigenvalue weighted by Gasteiger charge is -2.01. The van der Waals surface area contributed by atoms with E-state index in [0.29, 0.717) is 6.42 Å². The van der Waals surface area contributed by atoms with E-state index in [2.05, 4.69) is 32.1 Å². The smallest absolute Gasteiger partial charge is 0.119 e. The zero-order chi connectivity index (χ0) is 19.0. The summed E-state index contributed by atoms with van der Waals surface area (Å²) in [5.74, 6) is 0.194. The van der Waals surface area contributed by atoms with Gasteiger partial charge in [-0.2, -0.15) is 0 Å². The first kappa shape index (κ1) is 21.8. The minimum Gasteiger partial charge on any atom is -0.508 e. The number of phenols is 2. The SMILES string of the molecule is CC=C(C)CCCCCCCC=CC=CC=CCc1cc(O)cc(O)c1. The van der Waals surface area contributed by atoms with E-state index in [4.69, 9.17) is 0 Å². The standard InChI is InChI=1S/C24H34O2/c1-3-21(2)16-14-12-10-8-6-4-5-7-9-11-13-15-17-22-18-23(25)20-24(26)19-22/h3,5,7,9,11,13,15,18-20,25-26H,4,6,8,10,12,14,16-17H2,1-2H3. The van der Waals surface area contributed by atoms with Crippen LogP contribution < -0.4 is 0 Å². The Balaban J connectivity index is 2.05. The monoisotopic (exact) mass is 354 g/mol. The lowest BCUT2D eigenvalue weighted by molar-refractivity contribution is 0.449. The predicted octanol–water partition coefficient (Wildman–Crippen LogP) is 7.01. The molecule has 0 bridgehead atoms. The quantitative estimate of drug-likeness (QED) is 0.241. The predicted molar refractivity (Wildman–Crippen MR) is 113 cm³/mol. The largest absolute Gasteiger partial charge is 0.508 e. The van der Waals surface area contributed by atoms with Crippen molar-refractivity contribution in [2.45, 2.75) is 65.2 Å². The van der Waals surface area contributed by atoms with Crippen molar-refractivity contribution in [3.05, 3.63) is 71.9 Å². The molecule has 0 aliphatic heterocycles. The Morgan fingerprint density at radius 2 is 1.42 bits per heavy atom. The normalized spacial score (nSPS) is 12.8. The maximum atomic E-state index is 9.42. The first-order valence-corrected chi connectivity index (χ1v) is 9.74. The highest BCUT2D eigenvalue weighted by molar-refractivity contribution is 5.37. The number of unbranched alkanes of at least 4 members (excludes halogenated alkanes) is 5. The molecular formula is C24H34O2. The van der Waals surface area contributed by atoms with Crippen LogP contribution in [0.1, 0.15) is 64.4 Å². The highest BCUT2D eigenvalue weighted by Gasteiger charge is 1.96. The molecule has 0 aliphatic carbocycles. The lowest BCUT2D eigenvalue weighted by atomic mass is 10.1. The van der Waals surface area contributed by atoms with E-state index < -0.39 is 0 Å². The van der Waals surface area contributed by atoms with Crippen molar-refractivity contribution >= 4 is 0 Å². The number of allylic oxidation sites excluding steroid dienone is 8. The van der Waals surface area contributed by atoms with Crippen LogP contribution in [0.15, 0.2) is 66.3 Å². The highest BCUT2D eigenvalue weighted by Crippen LogP contribution is 2.20. The van der Waals surface area contributed by atoms with Gasteiger partial charge in [-0.1, -0.05) is 67.4 Å². The van der Waals surface area contributed by atoms with E-state index >= 15 is 0 Å². The van der Waals surface area contributed by atoms with Crippen molar-refractivity contribution in [2.24, 2.45) is 0 Å². The molecule has 2 heteroatoms. The van der Waals surface area contributed by atoms with Crippen molar-refractivity contribution in [3.63, 3.8) is 0 Å². The van der Waals surface area contributed by atoms with E-state index in [1.54, 1.807) is 12.1 Å². The molecule has 0 saturated carbocycles. The summed E-state index contributed by atoms with van der Waals surface area (Å²) in [6.45, 7) is 4.33. The first-order valence-electron chi connectivity index (χ1n) is 9.74. The van der Waals surface area contributed by atoms with Crippen LogP contribution in [0.4, 0.5) is 0 Å². The third-order valence-corrected chi connectivity index (χ3v) is 4.36. The van der Waals surface area contributed by atoms with Gasteiger partial charge < -0.3 is 10.2 Å². The maximum absolute atomic E-state index is 9.42. The molecule has 0 spiro atoms. The Bertz CT molecular complexity index is 601. The molecule has 0 radical (unpaired) electrons. The molecule has 1 aromatic carbocycles. The van der Waals surface area contributed by atoms with Gasteiger partial charge in [-0.25, -0.2) is 0 Å². The van der Waals surface area contributed by atoms with Gasteiger partial charge in [-0.15, -0.1) is 0 Å². The molecule has 0 amide bonds. The Kier molecular flexibility index (Phi) is 11.8. The molecule has 0 aromatic heterocycles. The number of aromatic hydroxyl groups is 2. The van der Waals surface area contributed by atoms with Crippen LogP contribution in [0.3, 0.4) is 0 Å². The van der Waals surface area contributed by atoms with E-state index in [0.717, 1.165) is 12.0 Å². The Labute approximate surface area is 159 Å². The molecule has 1 aromatic rings. The fourth-order valence-corrected chi connectivity index (χ4v) is 2.70. The van der Waals surface area contributed by atoms with Crippen molar-refractivity contribution in [3.8, 4) is 11.5 Å². The molecule has 0 unspecified atom stereocenters. The van der Waals surface area contributed by atoms with Crippen LogP contribution in [0, 0.1) is 0 Å². The summed E-state index contributed by atoms with van der Waals surface area (Å²) in [4.78, 5) is 0. The summed E-state index contributed by atoms with van der Waals surface area (Å²) in [5, 5.41) is 18.8. The minimum absolute atomic E-state index is 0.0970. The zero-order valence-corrected chi connectivity index (χ0v) is 16.3. The fourth-order valence-electron chi connectivity index (χ4n) is 2.70.